The van der Waals surface area contributed by atoms with Crippen LogP contribution < -0.4 is 4.72 Å². The fourth-order valence-corrected chi connectivity index (χ4v) is 2.69. The average molecular weight is 433 g/mol. The highest BCUT2D eigenvalue weighted by molar-refractivity contribution is 14.2. The molecule has 0 aliphatic carbocycles. The Balaban J connectivity index is 0.00000106. The van der Waals surface area contributed by atoms with Crippen LogP contribution in [0.5, 0.6) is 0 Å². The molecule has 2 aromatic carbocycles. The topological polar surface area (TPSA) is 38.3 Å². The predicted octanol–water partition coefficient (Wildman–Crippen LogP) is 4.98. The van der Waals surface area contributed by atoms with Gasteiger partial charge in [0.05, 0.1) is 0 Å². The minimum absolute atomic E-state index is 0.319. The Hall–Kier alpha value is -0.860. The van der Waals surface area contributed by atoms with Crippen molar-refractivity contribution >= 4 is 55.1 Å². The highest BCUT2D eigenvalue weighted by Crippen LogP contribution is 2.24. The van der Waals surface area contributed by atoms with Gasteiger partial charge in [0.1, 0.15) is 6.61 Å². The molecule has 0 bridgehead atoms. The van der Waals surface area contributed by atoms with Crippen molar-refractivity contribution in [3.8, 4) is 11.1 Å². The summed E-state index contributed by atoms with van der Waals surface area (Å²) < 4.78 is 7.89. The van der Waals surface area contributed by atoms with Gasteiger partial charge in [0.25, 0.3) is 6.47 Å². The van der Waals surface area contributed by atoms with E-state index >= 15 is 0 Å². The molecule has 0 radical (unpaired) electrons. The van der Waals surface area contributed by atoms with E-state index in [1.165, 1.54) is 0 Å². The van der Waals surface area contributed by atoms with E-state index < -0.39 is 0 Å². The molecule has 0 unspecified atom stereocenters. The summed E-state index contributed by atoms with van der Waals surface area (Å²) in [6.07, 6.45) is 1.69. The van der Waals surface area contributed by atoms with Gasteiger partial charge in [-0.15, -0.1) is 0 Å². The van der Waals surface area contributed by atoms with Crippen molar-refractivity contribution < 1.29 is 9.53 Å². The first-order valence-electron chi connectivity index (χ1n) is 6.06. The number of rotatable bonds is 6. The lowest BCUT2D eigenvalue weighted by atomic mass is 10.0. The number of ether oxygens (including phenoxy) is 1. The molecule has 0 aromatic heterocycles. The minimum Gasteiger partial charge on any atom is -0.463 e. The quantitative estimate of drug-likeness (QED) is 0.292. The number of thiol groups is 1. The number of halogens is 1. The summed E-state index contributed by atoms with van der Waals surface area (Å²) in [4.78, 5) is 10.1. The molecule has 21 heavy (non-hydrogen) atoms. The zero-order valence-corrected chi connectivity index (χ0v) is 15.3. The van der Waals surface area contributed by atoms with E-state index in [1.807, 2.05) is 36.4 Å². The van der Waals surface area contributed by atoms with E-state index in [1.54, 1.807) is 15.4 Å². The van der Waals surface area contributed by atoms with Gasteiger partial charge in [-0.1, -0.05) is 36.4 Å². The number of nitrogens with one attached hydrogen (secondary N) is 1. The number of anilines is 1. The third-order valence-electron chi connectivity index (χ3n) is 2.65. The zero-order chi connectivity index (χ0) is 15.5. The van der Waals surface area contributed by atoms with E-state index in [4.69, 9.17) is 4.74 Å². The fraction of sp³-hybridized carbons (Fsp3) is 0.133. The Bertz CT molecular complexity index is 532. The maximum atomic E-state index is 10.1. The SMILES string of the molecule is CS.O=COCc1ccc(-c2ccc(NSI)cc2)cc1. The lowest BCUT2D eigenvalue weighted by Crippen LogP contribution is -1.89. The molecule has 0 heterocycles. The van der Waals surface area contributed by atoms with Crippen molar-refractivity contribution in [3.63, 3.8) is 0 Å². The number of hydrogen-bond acceptors (Lipinski definition) is 5. The molecule has 1 N–H and O–H groups in total. The second-order valence-corrected chi connectivity index (χ2v) is 5.54. The lowest BCUT2D eigenvalue weighted by Gasteiger charge is -2.06. The van der Waals surface area contributed by atoms with Crippen LogP contribution in [0.15, 0.2) is 48.5 Å². The third-order valence-corrected chi connectivity index (χ3v) is 3.62. The van der Waals surface area contributed by atoms with Crippen LogP contribution in [0.25, 0.3) is 11.1 Å². The summed E-state index contributed by atoms with van der Waals surface area (Å²) in [6.45, 7) is 0.782. The standard InChI is InChI=1S/C14H12INO2S.CH4S/c15-19-16-14-7-5-13(6-8-14)12-3-1-11(2-4-12)9-18-10-17;1-2/h1-8,10,16H,9H2;2H,1H3. The molecule has 0 atom stereocenters. The summed E-state index contributed by atoms with van der Waals surface area (Å²) >= 11 is 5.72. The smallest absolute Gasteiger partial charge is 0.293 e. The molecular formula is C15H16INO2S2. The van der Waals surface area contributed by atoms with Gasteiger partial charge in [-0.2, -0.15) is 12.6 Å². The van der Waals surface area contributed by atoms with Gasteiger partial charge in [-0.25, -0.2) is 0 Å². The monoisotopic (exact) mass is 433 g/mol. The highest BCUT2D eigenvalue weighted by Gasteiger charge is 1.99. The summed E-state index contributed by atoms with van der Waals surface area (Å²) in [6, 6.07) is 16.2. The van der Waals surface area contributed by atoms with Gasteiger partial charge in [-0.3, -0.25) is 4.79 Å². The molecule has 0 aliphatic heterocycles. The third kappa shape index (κ3) is 6.19. The van der Waals surface area contributed by atoms with E-state index in [9.17, 15) is 4.79 Å². The Labute approximate surface area is 147 Å². The molecule has 0 saturated heterocycles. The maximum absolute atomic E-state index is 10.1. The largest absolute Gasteiger partial charge is 0.463 e. The van der Waals surface area contributed by atoms with Crippen molar-refractivity contribution in [2.45, 2.75) is 6.61 Å². The van der Waals surface area contributed by atoms with E-state index in [-0.39, 0.29) is 0 Å². The number of carbonyl (C=O) groups is 1. The molecule has 112 valence electrons. The summed E-state index contributed by atoms with van der Waals surface area (Å²) in [5.41, 5.74) is 4.37. The van der Waals surface area contributed by atoms with Crippen LogP contribution in [0.2, 0.25) is 0 Å². The van der Waals surface area contributed by atoms with Crippen LogP contribution in [0.3, 0.4) is 0 Å². The van der Waals surface area contributed by atoms with Gasteiger partial charge in [-0.05, 0) is 35.1 Å². The summed E-state index contributed by atoms with van der Waals surface area (Å²) in [7, 11) is 1.54. The van der Waals surface area contributed by atoms with Gasteiger partial charge < -0.3 is 9.46 Å². The Morgan fingerprint density at radius 3 is 2.10 bits per heavy atom. The molecule has 0 spiro atoms. The maximum Gasteiger partial charge on any atom is 0.293 e. The van der Waals surface area contributed by atoms with Crippen molar-refractivity contribution in [2.24, 2.45) is 0 Å². The molecule has 6 heteroatoms. The van der Waals surface area contributed by atoms with Crippen molar-refractivity contribution in [1.82, 2.24) is 0 Å². The second kappa shape index (κ2) is 10.8. The zero-order valence-electron chi connectivity index (χ0n) is 11.5. The molecular weight excluding hydrogens is 417 g/mol. The first-order valence-corrected chi connectivity index (χ1v) is 10.3. The van der Waals surface area contributed by atoms with Crippen LogP contribution in [0.1, 0.15) is 5.56 Å². The van der Waals surface area contributed by atoms with Crippen molar-refractivity contribution in [2.75, 3.05) is 11.0 Å². The highest BCUT2D eigenvalue weighted by atomic mass is 127. The van der Waals surface area contributed by atoms with Crippen molar-refractivity contribution in [3.05, 3.63) is 54.1 Å². The summed E-state index contributed by atoms with van der Waals surface area (Å²) in [5, 5.41) is 0. The van der Waals surface area contributed by atoms with Crippen LogP contribution in [-0.4, -0.2) is 12.7 Å². The molecule has 0 aliphatic rings. The van der Waals surface area contributed by atoms with E-state index in [0.717, 1.165) is 22.4 Å². The Morgan fingerprint density at radius 2 is 1.62 bits per heavy atom. The molecule has 0 saturated carbocycles. The Kier molecular flexibility index (Phi) is 9.36. The average Bonchev–Trinajstić information content (AvgIpc) is 2.56. The number of carbonyl (C=O) groups excluding carboxylic acids is 1. The van der Waals surface area contributed by atoms with Crippen LogP contribution in [0, 0.1) is 0 Å². The van der Waals surface area contributed by atoms with Gasteiger partial charge in [0.2, 0.25) is 0 Å². The second-order valence-electron chi connectivity index (χ2n) is 3.86. The first-order chi connectivity index (χ1) is 10.3. The summed E-state index contributed by atoms with van der Waals surface area (Å²) in [5.74, 6) is 0. The van der Waals surface area contributed by atoms with Gasteiger partial charge in [0.15, 0.2) is 0 Å². The first kappa shape index (κ1) is 18.2. The van der Waals surface area contributed by atoms with E-state index in [2.05, 4.69) is 50.7 Å². The molecule has 2 aromatic rings. The van der Waals surface area contributed by atoms with E-state index in [0.29, 0.717) is 13.1 Å². The minimum atomic E-state index is 0.319. The van der Waals surface area contributed by atoms with Crippen LogP contribution in [-0.2, 0) is 16.1 Å². The normalized spacial score (nSPS) is 9.29. The fourth-order valence-electron chi connectivity index (χ4n) is 1.70. The van der Waals surface area contributed by atoms with Crippen LogP contribution >= 0.6 is 43.0 Å². The van der Waals surface area contributed by atoms with Crippen LogP contribution in [0.4, 0.5) is 5.69 Å². The number of hydrogen-bond donors (Lipinski definition) is 2. The molecule has 3 nitrogen and oxygen atoms in total. The van der Waals surface area contributed by atoms with Gasteiger partial charge in [0, 0.05) is 36.0 Å². The number of benzene rings is 2. The van der Waals surface area contributed by atoms with Crippen molar-refractivity contribution in [1.29, 1.82) is 0 Å². The molecule has 2 rings (SSSR count). The lowest BCUT2D eigenvalue weighted by molar-refractivity contribution is -0.129. The Morgan fingerprint density at radius 1 is 1.10 bits per heavy atom. The predicted molar refractivity (Wildman–Crippen MR) is 103 cm³/mol. The molecule has 0 fully saturated rings. The molecule has 0 amide bonds. The van der Waals surface area contributed by atoms with Gasteiger partial charge >= 0.3 is 0 Å².